The molecular formula is C28H32N8O2. The van der Waals surface area contributed by atoms with E-state index in [2.05, 4.69) is 69.6 Å². The van der Waals surface area contributed by atoms with Crippen molar-refractivity contribution in [3.63, 3.8) is 0 Å². The number of nitrogens with one attached hydrogen (secondary N) is 2. The molecule has 2 N–H and O–H groups in total. The maximum atomic E-state index is 13.5. The van der Waals surface area contributed by atoms with Crippen molar-refractivity contribution in [3.8, 4) is 5.75 Å². The number of fused-ring (bicyclic) bond motifs is 2. The minimum Gasteiger partial charge on any atom is -0.496 e. The van der Waals surface area contributed by atoms with E-state index in [9.17, 15) is 4.79 Å². The third kappa shape index (κ3) is 4.56. The first-order valence-electron chi connectivity index (χ1n) is 13.0. The van der Waals surface area contributed by atoms with Gasteiger partial charge < -0.3 is 15.0 Å². The summed E-state index contributed by atoms with van der Waals surface area (Å²) in [6, 6.07) is 10.4. The van der Waals surface area contributed by atoms with Gasteiger partial charge in [0.1, 0.15) is 11.3 Å². The van der Waals surface area contributed by atoms with Gasteiger partial charge in [-0.15, -0.1) is 5.10 Å². The number of anilines is 2. The molecule has 10 nitrogen and oxygen atoms in total. The van der Waals surface area contributed by atoms with Crippen LogP contribution in [0, 0.1) is 13.8 Å². The Morgan fingerprint density at radius 1 is 1.13 bits per heavy atom. The summed E-state index contributed by atoms with van der Waals surface area (Å²) in [4.78, 5) is 27.4. The molecule has 1 saturated heterocycles. The molecule has 0 unspecified atom stereocenters. The number of aryl methyl sites for hydroxylation is 2. The monoisotopic (exact) mass is 512 g/mol. The van der Waals surface area contributed by atoms with Gasteiger partial charge in [0, 0.05) is 55.2 Å². The van der Waals surface area contributed by atoms with Gasteiger partial charge in [0.15, 0.2) is 0 Å². The number of hydrogen-bond acceptors (Lipinski definition) is 8. The van der Waals surface area contributed by atoms with Crippen molar-refractivity contribution in [2.45, 2.75) is 58.8 Å². The first kappa shape index (κ1) is 24.3. The second-order valence-corrected chi connectivity index (χ2v) is 10.5. The zero-order valence-corrected chi connectivity index (χ0v) is 22.2. The number of carbonyl (C=O) groups excluding carboxylic acids is 1. The molecule has 38 heavy (non-hydrogen) atoms. The molecule has 1 fully saturated rings. The number of nitrogens with zero attached hydrogens (tertiary/aromatic N) is 6. The van der Waals surface area contributed by atoms with Gasteiger partial charge in [-0.05, 0) is 62.9 Å². The molecule has 2 atom stereocenters. The van der Waals surface area contributed by atoms with Crippen LogP contribution in [0.1, 0.15) is 52.5 Å². The summed E-state index contributed by atoms with van der Waals surface area (Å²) in [7, 11) is 1.58. The first-order valence-corrected chi connectivity index (χ1v) is 13.0. The lowest BCUT2D eigenvalue weighted by Crippen LogP contribution is -2.50. The minimum atomic E-state index is -0.0321. The van der Waals surface area contributed by atoms with E-state index in [-0.39, 0.29) is 11.9 Å². The van der Waals surface area contributed by atoms with Crippen molar-refractivity contribution in [3.05, 3.63) is 64.5 Å². The fourth-order valence-electron chi connectivity index (χ4n) is 5.82. The molecular weight excluding hydrogens is 480 g/mol. The second kappa shape index (κ2) is 9.68. The average Bonchev–Trinajstić information content (AvgIpc) is 3.53. The van der Waals surface area contributed by atoms with E-state index in [1.807, 2.05) is 11.1 Å². The third-order valence-electron chi connectivity index (χ3n) is 7.66. The molecule has 10 heteroatoms. The van der Waals surface area contributed by atoms with Crippen LogP contribution in [0.25, 0.3) is 11.0 Å². The minimum absolute atomic E-state index is 0.0321. The summed E-state index contributed by atoms with van der Waals surface area (Å²) < 4.78 is 5.52. The van der Waals surface area contributed by atoms with E-state index < -0.39 is 0 Å². The van der Waals surface area contributed by atoms with Gasteiger partial charge in [0.25, 0.3) is 5.91 Å². The van der Waals surface area contributed by atoms with Crippen LogP contribution >= 0.6 is 0 Å². The Bertz CT molecular complexity index is 1500. The molecule has 0 radical (unpaired) electrons. The Kier molecular flexibility index (Phi) is 6.19. The molecule has 2 aromatic heterocycles. The molecule has 0 bridgehead atoms. The van der Waals surface area contributed by atoms with E-state index in [1.54, 1.807) is 19.2 Å². The number of likely N-dealkylation sites (tertiary alicyclic amines) is 1. The van der Waals surface area contributed by atoms with Crippen molar-refractivity contribution in [2.75, 3.05) is 19.0 Å². The standard InChI is InChI=1S/C28H32N8O2/c1-16-7-17(2)9-20(8-16)30-28-29-13-19-14-35(15-25(19)31-28)21-5-6-36(18(3)10-21)27(37)22-11-23-24(33-34-32-23)12-26(22)38-4/h7-9,11-13,18,21H,5-6,10,14-15H2,1-4H3,(H,29,30,31)(H,32,33,34)/t18-,21+/m1/s1. The highest BCUT2D eigenvalue weighted by molar-refractivity contribution is 6.00. The summed E-state index contributed by atoms with van der Waals surface area (Å²) in [6.07, 6.45) is 3.75. The van der Waals surface area contributed by atoms with E-state index in [0.717, 1.165) is 42.8 Å². The van der Waals surface area contributed by atoms with Crippen molar-refractivity contribution in [1.82, 2.24) is 35.2 Å². The number of aromatic amines is 1. The van der Waals surface area contributed by atoms with Gasteiger partial charge in [-0.2, -0.15) is 0 Å². The summed E-state index contributed by atoms with van der Waals surface area (Å²) in [6.45, 7) is 8.61. The Balaban J connectivity index is 1.12. The van der Waals surface area contributed by atoms with Crippen molar-refractivity contribution in [1.29, 1.82) is 0 Å². The average molecular weight is 513 g/mol. The van der Waals surface area contributed by atoms with Crippen LogP contribution in [0.4, 0.5) is 11.6 Å². The summed E-state index contributed by atoms with van der Waals surface area (Å²) in [5, 5.41) is 14.1. The predicted molar refractivity (Wildman–Crippen MR) is 144 cm³/mol. The van der Waals surface area contributed by atoms with Crippen molar-refractivity contribution in [2.24, 2.45) is 0 Å². The van der Waals surface area contributed by atoms with Crippen LogP contribution in [0.2, 0.25) is 0 Å². The Morgan fingerprint density at radius 2 is 1.95 bits per heavy atom. The second-order valence-electron chi connectivity index (χ2n) is 10.5. The summed E-state index contributed by atoms with van der Waals surface area (Å²) >= 11 is 0. The number of methoxy groups -OCH3 is 1. The molecule has 0 aliphatic carbocycles. The number of aromatic nitrogens is 5. The normalized spacial score (nSPS) is 19.5. The summed E-state index contributed by atoms with van der Waals surface area (Å²) in [5.74, 6) is 1.12. The molecule has 2 aliphatic rings. The van der Waals surface area contributed by atoms with Crippen LogP contribution in [-0.2, 0) is 13.1 Å². The fraction of sp³-hybridized carbons (Fsp3) is 0.393. The van der Waals surface area contributed by atoms with E-state index in [0.29, 0.717) is 35.4 Å². The zero-order chi connectivity index (χ0) is 26.4. The lowest BCUT2D eigenvalue weighted by atomic mass is 9.96. The van der Waals surface area contributed by atoms with Crippen LogP contribution in [0.15, 0.2) is 36.5 Å². The van der Waals surface area contributed by atoms with E-state index in [4.69, 9.17) is 9.72 Å². The van der Waals surface area contributed by atoms with Gasteiger partial charge >= 0.3 is 0 Å². The molecule has 1 amide bonds. The zero-order valence-electron chi connectivity index (χ0n) is 22.2. The number of H-pyrrole nitrogens is 1. The Labute approximate surface area is 221 Å². The number of rotatable bonds is 5. The number of ether oxygens (including phenoxy) is 1. The topological polar surface area (TPSA) is 112 Å². The summed E-state index contributed by atoms with van der Waals surface area (Å²) in [5.41, 5.74) is 7.57. The fourth-order valence-corrected chi connectivity index (χ4v) is 5.82. The van der Waals surface area contributed by atoms with Crippen molar-refractivity contribution < 1.29 is 9.53 Å². The molecule has 196 valence electrons. The number of carbonyl (C=O) groups is 1. The van der Waals surface area contributed by atoms with Gasteiger partial charge in [-0.1, -0.05) is 11.3 Å². The van der Waals surface area contributed by atoms with E-state index in [1.165, 1.54) is 16.7 Å². The van der Waals surface area contributed by atoms with Crippen LogP contribution < -0.4 is 10.1 Å². The van der Waals surface area contributed by atoms with E-state index >= 15 is 0 Å². The molecule has 4 heterocycles. The maximum absolute atomic E-state index is 13.5. The molecule has 2 aliphatic heterocycles. The first-order chi connectivity index (χ1) is 18.4. The highest BCUT2D eigenvalue weighted by Gasteiger charge is 2.36. The number of benzene rings is 2. The number of hydrogen-bond donors (Lipinski definition) is 2. The predicted octanol–water partition coefficient (Wildman–Crippen LogP) is 4.13. The molecule has 2 aromatic carbocycles. The van der Waals surface area contributed by atoms with Crippen LogP contribution in [-0.4, -0.2) is 66.8 Å². The van der Waals surface area contributed by atoms with Crippen LogP contribution in [0.3, 0.4) is 0 Å². The van der Waals surface area contributed by atoms with Gasteiger partial charge in [0.2, 0.25) is 5.95 Å². The van der Waals surface area contributed by atoms with Gasteiger partial charge in [0.05, 0.1) is 23.9 Å². The Morgan fingerprint density at radius 3 is 2.71 bits per heavy atom. The molecule has 0 spiro atoms. The number of piperidine rings is 1. The highest BCUT2D eigenvalue weighted by atomic mass is 16.5. The lowest BCUT2D eigenvalue weighted by molar-refractivity contribution is 0.0458. The Hall–Kier alpha value is -4.05. The molecule has 4 aromatic rings. The highest BCUT2D eigenvalue weighted by Crippen LogP contribution is 2.32. The third-order valence-corrected chi connectivity index (χ3v) is 7.66. The van der Waals surface area contributed by atoms with Crippen molar-refractivity contribution >= 4 is 28.6 Å². The van der Waals surface area contributed by atoms with Gasteiger partial charge in [-0.3, -0.25) is 14.8 Å². The quantitative estimate of drug-likeness (QED) is 0.411. The molecule has 0 saturated carbocycles. The molecule has 6 rings (SSSR count). The van der Waals surface area contributed by atoms with Gasteiger partial charge in [-0.25, -0.2) is 9.97 Å². The van der Waals surface area contributed by atoms with Crippen LogP contribution in [0.5, 0.6) is 5.75 Å². The smallest absolute Gasteiger partial charge is 0.257 e. The largest absolute Gasteiger partial charge is 0.496 e. The lowest BCUT2D eigenvalue weighted by Gasteiger charge is -2.41. The SMILES string of the molecule is COc1cc2[nH]nnc2cc1C(=O)N1CC[C@H](N2Cc3cnc(Nc4cc(C)cc(C)c4)nc3C2)C[C@H]1C. The number of amides is 1. The maximum Gasteiger partial charge on any atom is 0.257 e.